The van der Waals surface area contributed by atoms with Crippen LogP contribution >= 0.6 is 0 Å². The van der Waals surface area contributed by atoms with Crippen molar-refractivity contribution in [1.29, 1.82) is 0 Å². The molecule has 0 radical (unpaired) electrons. The van der Waals surface area contributed by atoms with E-state index in [0.29, 0.717) is 5.41 Å². The number of rotatable bonds is 4. The predicted molar refractivity (Wildman–Crippen MR) is 85.0 cm³/mol. The number of benzene rings is 1. The van der Waals surface area contributed by atoms with Gasteiger partial charge < -0.3 is 10.6 Å². The molecule has 0 atom stereocenters. The van der Waals surface area contributed by atoms with Gasteiger partial charge in [0.1, 0.15) is 5.82 Å². The van der Waals surface area contributed by atoms with Crippen molar-refractivity contribution in [2.75, 3.05) is 17.2 Å². The number of hydrogen-bond acceptors (Lipinski definition) is 2. The summed E-state index contributed by atoms with van der Waals surface area (Å²) in [5.41, 5.74) is 1.39. The van der Waals surface area contributed by atoms with E-state index in [1.807, 2.05) is 0 Å². The molecule has 0 unspecified atom stereocenters. The second kappa shape index (κ2) is 6.92. The van der Waals surface area contributed by atoms with E-state index in [-0.39, 0.29) is 11.6 Å². The lowest BCUT2D eigenvalue weighted by atomic mass is 9.82. The highest BCUT2D eigenvalue weighted by Gasteiger charge is 2.25. The van der Waals surface area contributed by atoms with Gasteiger partial charge in [0.05, 0.1) is 5.69 Å². The van der Waals surface area contributed by atoms with Crippen LogP contribution in [0.25, 0.3) is 0 Å². The zero-order valence-electron chi connectivity index (χ0n) is 13.0. The van der Waals surface area contributed by atoms with Gasteiger partial charge >= 0.3 is 0 Å². The quantitative estimate of drug-likeness (QED) is 0.799. The van der Waals surface area contributed by atoms with E-state index in [9.17, 15) is 9.18 Å². The van der Waals surface area contributed by atoms with Crippen LogP contribution in [-0.2, 0) is 4.79 Å². The molecular formula is C17H25FN2O. The van der Waals surface area contributed by atoms with E-state index in [4.69, 9.17) is 0 Å². The Kier molecular flexibility index (Phi) is 5.21. The molecule has 1 amide bonds. The number of nitrogens with one attached hydrogen (secondary N) is 2. The molecule has 1 aromatic carbocycles. The maximum absolute atomic E-state index is 13.6. The molecule has 4 heteroatoms. The fourth-order valence-corrected chi connectivity index (χ4v) is 3.00. The Morgan fingerprint density at radius 3 is 2.52 bits per heavy atom. The summed E-state index contributed by atoms with van der Waals surface area (Å²) in [6.45, 7) is 4.59. The lowest BCUT2D eigenvalue weighted by Gasteiger charge is -2.29. The summed E-state index contributed by atoms with van der Waals surface area (Å²) in [5, 5.41) is 5.92. The van der Waals surface area contributed by atoms with E-state index in [1.54, 1.807) is 12.1 Å². The van der Waals surface area contributed by atoms with E-state index < -0.39 is 5.82 Å². The summed E-state index contributed by atoms with van der Waals surface area (Å²) < 4.78 is 13.6. The lowest BCUT2D eigenvalue weighted by Crippen LogP contribution is -2.26. The van der Waals surface area contributed by atoms with Crippen LogP contribution in [0.3, 0.4) is 0 Å². The Morgan fingerprint density at radius 2 is 1.90 bits per heavy atom. The first kappa shape index (κ1) is 15.8. The molecule has 3 nitrogen and oxygen atoms in total. The lowest BCUT2D eigenvalue weighted by molar-refractivity contribution is -0.114. The molecule has 1 aliphatic rings. The molecule has 0 aliphatic heterocycles. The van der Waals surface area contributed by atoms with Crippen molar-refractivity contribution in [1.82, 2.24) is 0 Å². The molecule has 1 saturated carbocycles. The van der Waals surface area contributed by atoms with E-state index in [0.717, 1.165) is 12.2 Å². The Hall–Kier alpha value is -1.58. The average Bonchev–Trinajstić information content (AvgIpc) is 2.65. The summed E-state index contributed by atoms with van der Waals surface area (Å²) in [6, 6.07) is 4.78. The monoisotopic (exact) mass is 292 g/mol. The Balaban J connectivity index is 2.00. The highest BCUT2D eigenvalue weighted by molar-refractivity contribution is 5.89. The first-order valence-electron chi connectivity index (χ1n) is 7.80. The van der Waals surface area contributed by atoms with Gasteiger partial charge in [0.25, 0.3) is 0 Å². The van der Waals surface area contributed by atoms with Gasteiger partial charge in [-0.2, -0.15) is 0 Å². The van der Waals surface area contributed by atoms with E-state index in [1.165, 1.54) is 51.5 Å². The van der Waals surface area contributed by atoms with E-state index >= 15 is 0 Å². The Morgan fingerprint density at radius 1 is 1.24 bits per heavy atom. The second-order valence-corrected chi connectivity index (χ2v) is 6.45. The van der Waals surface area contributed by atoms with Crippen LogP contribution in [0.5, 0.6) is 0 Å². The highest BCUT2D eigenvalue weighted by Crippen LogP contribution is 2.34. The molecule has 0 saturated heterocycles. The maximum atomic E-state index is 13.6. The molecular weight excluding hydrogens is 267 g/mol. The first-order chi connectivity index (χ1) is 9.98. The fraction of sp³-hybridized carbons (Fsp3) is 0.588. The van der Waals surface area contributed by atoms with Crippen LogP contribution in [0.15, 0.2) is 18.2 Å². The third-order valence-corrected chi connectivity index (χ3v) is 4.31. The molecule has 0 heterocycles. The van der Waals surface area contributed by atoms with Crippen molar-refractivity contribution in [3.63, 3.8) is 0 Å². The number of amides is 1. The average molecular weight is 292 g/mol. The third-order valence-electron chi connectivity index (χ3n) is 4.31. The van der Waals surface area contributed by atoms with Crippen LogP contribution in [0, 0.1) is 11.2 Å². The normalized spacial score (nSPS) is 17.9. The van der Waals surface area contributed by atoms with Gasteiger partial charge in [0.15, 0.2) is 0 Å². The van der Waals surface area contributed by atoms with Gasteiger partial charge in [-0.1, -0.05) is 32.6 Å². The summed E-state index contributed by atoms with van der Waals surface area (Å²) >= 11 is 0. The standard InChI is InChI=1S/C17H25FN2O/c1-13(21)20-16-11-14(7-8-15(16)18)19-12-17(2)9-5-3-4-6-10-17/h7-8,11,19H,3-6,9-10,12H2,1-2H3,(H,20,21). The van der Waals surface area contributed by atoms with Crippen molar-refractivity contribution in [2.24, 2.45) is 5.41 Å². The number of carbonyl (C=O) groups excluding carboxylic acids is 1. The molecule has 2 N–H and O–H groups in total. The van der Waals surface area contributed by atoms with Gasteiger partial charge in [-0.05, 0) is 36.5 Å². The van der Waals surface area contributed by atoms with Crippen molar-refractivity contribution >= 4 is 17.3 Å². The summed E-state index contributed by atoms with van der Waals surface area (Å²) in [5.74, 6) is -0.668. The Bertz CT molecular complexity index is 494. The van der Waals surface area contributed by atoms with Crippen LogP contribution in [0.4, 0.5) is 15.8 Å². The first-order valence-corrected chi connectivity index (χ1v) is 7.80. The van der Waals surface area contributed by atoms with Crippen LogP contribution in [0.2, 0.25) is 0 Å². The molecule has 0 bridgehead atoms. The fourth-order valence-electron chi connectivity index (χ4n) is 3.00. The molecule has 116 valence electrons. The molecule has 21 heavy (non-hydrogen) atoms. The number of carbonyl (C=O) groups is 1. The van der Waals surface area contributed by atoms with Crippen LogP contribution < -0.4 is 10.6 Å². The Labute approximate surface area is 126 Å². The van der Waals surface area contributed by atoms with Gasteiger partial charge in [-0.25, -0.2) is 4.39 Å². The molecule has 0 aromatic heterocycles. The van der Waals surface area contributed by atoms with Crippen molar-refractivity contribution in [2.45, 2.75) is 52.4 Å². The van der Waals surface area contributed by atoms with Gasteiger partial charge in [0, 0.05) is 19.2 Å². The molecule has 1 fully saturated rings. The third kappa shape index (κ3) is 4.73. The van der Waals surface area contributed by atoms with Crippen molar-refractivity contribution in [3.05, 3.63) is 24.0 Å². The topological polar surface area (TPSA) is 41.1 Å². The summed E-state index contributed by atoms with van der Waals surface area (Å²) in [6.07, 6.45) is 7.72. The smallest absolute Gasteiger partial charge is 0.221 e. The zero-order chi connectivity index (χ0) is 15.3. The molecule has 1 aliphatic carbocycles. The predicted octanol–water partition coefficient (Wildman–Crippen LogP) is 4.56. The minimum Gasteiger partial charge on any atom is -0.384 e. The van der Waals surface area contributed by atoms with Crippen molar-refractivity contribution in [3.8, 4) is 0 Å². The highest BCUT2D eigenvalue weighted by atomic mass is 19.1. The molecule has 0 spiro atoms. The summed E-state index contributed by atoms with van der Waals surface area (Å²) in [4.78, 5) is 11.1. The molecule has 2 rings (SSSR count). The number of anilines is 2. The largest absolute Gasteiger partial charge is 0.384 e. The zero-order valence-corrected chi connectivity index (χ0v) is 13.0. The summed E-state index contributed by atoms with van der Waals surface area (Å²) in [7, 11) is 0. The van der Waals surface area contributed by atoms with Gasteiger partial charge in [-0.3, -0.25) is 4.79 Å². The van der Waals surface area contributed by atoms with Crippen molar-refractivity contribution < 1.29 is 9.18 Å². The minimum atomic E-state index is -0.406. The SMILES string of the molecule is CC(=O)Nc1cc(NCC2(C)CCCCCC2)ccc1F. The molecule has 1 aromatic rings. The minimum absolute atomic E-state index is 0.235. The van der Waals surface area contributed by atoms with Gasteiger partial charge in [-0.15, -0.1) is 0 Å². The van der Waals surface area contributed by atoms with Crippen LogP contribution in [-0.4, -0.2) is 12.5 Å². The maximum Gasteiger partial charge on any atom is 0.221 e. The number of halogens is 1. The van der Waals surface area contributed by atoms with Crippen LogP contribution in [0.1, 0.15) is 52.4 Å². The van der Waals surface area contributed by atoms with E-state index in [2.05, 4.69) is 17.6 Å². The number of hydrogen-bond donors (Lipinski definition) is 2. The second-order valence-electron chi connectivity index (χ2n) is 6.45. The van der Waals surface area contributed by atoms with Gasteiger partial charge in [0.2, 0.25) is 5.91 Å².